The normalized spacial score (nSPS) is 11.4. The van der Waals surface area contributed by atoms with E-state index in [0.29, 0.717) is 32.0 Å². The molecule has 0 aliphatic carbocycles. The molecule has 0 aliphatic heterocycles. The maximum absolute atomic E-state index is 13.7. The fourth-order valence-corrected chi connectivity index (χ4v) is 1.97. The van der Waals surface area contributed by atoms with E-state index in [2.05, 4.69) is 5.32 Å². The molecule has 23 heavy (non-hydrogen) atoms. The number of urea groups is 1. The molecule has 2 N–H and O–H groups in total. The molecule has 1 aromatic carbocycles. The number of unbranched alkanes of at least 4 members (excludes halogenated alkanes) is 1. The maximum Gasteiger partial charge on any atom is 0.416 e. The zero-order valence-electron chi connectivity index (χ0n) is 12.8. The first-order chi connectivity index (χ1) is 10.8. The minimum absolute atomic E-state index is 0.0160. The van der Waals surface area contributed by atoms with Crippen LogP contribution in [-0.2, 0) is 12.7 Å². The molecular weight excluding hydrogens is 316 g/mol. The van der Waals surface area contributed by atoms with Gasteiger partial charge in [0.15, 0.2) is 0 Å². The number of nitrogens with one attached hydrogen (secondary N) is 1. The summed E-state index contributed by atoms with van der Waals surface area (Å²) in [5.74, 6) is -1.01. The minimum atomic E-state index is -4.60. The average Bonchev–Trinajstić information content (AvgIpc) is 2.49. The summed E-state index contributed by atoms with van der Waals surface area (Å²) in [7, 11) is 0. The Labute approximate surface area is 132 Å². The number of hydrogen-bond donors (Lipinski definition) is 2. The van der Waals surface area contributed by atoms with Crippen molar-refractivity contribution in [3.63, 3.8) is 0 Å². The summed E-state index contributed by atoms with van der Waals surface area (Å²) < 4.78 is 51.0. The number of carbonyl (C=O) groups excluding carboxylic acids is 1. The van der Waals surface area contributed by atoms with Crippen molar-refractivity contribution in [2.24, 2.45) is 0 Å². The molecule has 130 valence electrons. The standard InChI is InChI=1S/C15H20F4N2O2/c1-2-21(7-3-4-8-22)14(23)20-10-11-5-6-12(9-13(11)16)15(17,18)19/h5-6,9,22H,2-4,7-8,10H2,1H3,(H,20,23). The topological polar surface area (TPSA) is 52.6 Å². The first-order valence-corrected chi connectivity index (χ1v) is 7.28. The summed E-state index contributed by atoms with van der Waals surface area (Å²) >= 11 is 0. The SMILES string of the molecule is CCN(CCCCO)C(=O)NCc1ccc(C(F)(F)F)cc1F. The zero-order valence-corrected chi connectivity index (χ0v) is 12.8. The molecule has 0 atom stereocenters. The summed E-state index contributed by atoms with van der Waals surface area (Å²) in [6, 6.07) is 1.79. The fraction of sp³-hybridized carbons (Fsp3) is 0.533. The Bertz CT molecular complexity index is 521. The summed E-state index contributed by atoms with van der Waals surface area (Å²) in [6.07, 6.45) is -3.40. The lowest BCUT2D eigenvalue weighted by molar-refractivity contribution is -0.137. The largest absolute Gasteiger partial charge is 0.416 e. The third kappa shape index (κ3) is 6.05. The van der Waals surface area contributed by atoms with E-state index in [1.54, 1.807) is 6.92 Å². The molecule has 0 saturated heterocycles. The first-order valence-electron chi connectivity index (χ1n) is 7.28. The monoisotopic (exact) mass is 336 g/mol. The van der Waals surface area contributed by atoms with Gasteiger partial charge in [0.1, 0.15) is 5.82 Å². The molecule has 1 rings (SSSR count). The lowest BCUT2D eigenvalue weighted by atomic mass is 10.1. The fourth-order valence-electron chi connectivity index (χ4n) is 1.97. The van der Waals surface area contributed by atoms with E-state index in [0.717, 1.165) is 12.1 Å². The van der Waals surface area contributed by atoms with Gasteiger partial charge in [-0.2, -0.15) is 13.2 Å². The Morgan fingerprint density at radius 1 is 1.30 bits per heavy atom. The van der Waals surface area contributed by atoms with E-state index in [9.17, 15) is 22.4 Å². The number of aliphatic hydroxyl groups is 1. The van der Waals surface area contributed by atoms with Crippen LogP contribution in [0.2, 0.25) is 0 Å². The van der Waals surface area contributed by atoms with E-state index in [4.69, 9.17) is 5.11 Å². The van der Waals surface area contributed by atoms with Crippen molar-refractivity contribution >= 4 is 6.03 Å². The third-order valence-electron chi connectivity index (χ3n) is 3.32. The predicted molar refractivity (Wildman–Crippen MR) is 77.2 cm³/mol. The Hall–Kier alpha value is -1.83. The van der Waals surface area contributed by atoms with Crippen molar-refractivity contribution in [2.75, 3.05) is 19.7 Å². The van der Waals surface area contributed by atoms with Crippen molar-refractivity contribution in [1.29, 1.82) is 0 Å². The molecule has 4 nitrogen and oxygen atoms in total. The molecule has 1 aromatic rings. The van der Waals surface area contributed by atoms with Gasteiger partial charge >= 0.3 is 12.2 Å². The van der Waals surface area contributed by atoms with Gasteiger partial charge in [-0.05, 0) is 31.9 Å². The molecule has 0 spiro atoms. The number of nitrogens with zero attached hydrogens (tertiary/aromatic N) is 1. The molecule has 0 heterocycles. The summed E-state index contributed by atoms with van der Waals surface area (Å²) in [6.45, 7) is 2.50. The number of hydrogen-bond acceptors (Lipinski definition) is 2. The van der Waals surface area contributed by atoms with Crippen LogP contribution in [0.3, 0.4) is 0 Å². The van der Waals surface area contributed by atoms with Gasteiger partial charge in [-0.1, -0.05) is 6.07 Å². The highest BCUT2D eigenvalue weighted by Crippen LogP contribution is 2.30. The second-order valence-corrected chi connectivity index (χ2v) is 4.97. The van der Waals surface area contributed by atoms with Crippen LogP contribution in [0.15, 0.2) is 18.2 Å². The number of carbonyl (C=O) groups is 1. The first kappa shape index (κ1) is 19.2. The minimum Gasteiger partial charge on any atom is -0.396 e. The molecule has 2 amide bonds. The Morgan fingerprint density at radius 2 is 2.00 bits per heavy atom. The zero-order chi connectivity index (χ0) is 17.5. The van der Waals surface area contributed by atoms with Gasteiger partial charge in [0, 0.05) is 31.8 Å². The Kier molecular flexibility index (Phi) is 7.28. The lowest BCUT2D eigenvalue weighted by Crippen LogP contribution is -2.40. The molecule has 0 radical (unpaired) electrons. The second kappa shape index (κ2) is 8.71. The van der Waals surface area contributed by atoms with Gasteiger partial charge in [0.25, 0.3) is 0 Å². The predicted octanol–water partition coefficient (Wildman–Crippen LogP) is 3.15. The second-order valence-electron chi connectivity index (χ2n) is 4.97. The molecule has 0 saturated carbocycles. The molecule has 0 aliphatic rings. The van der Waals surface area contributed by atoms with Gasteiger partial charge in [-0.15, -0.1) is 0 Å². The van der Waals surface area contributed by atoms with Crippen LogP contribution in [0.25, 0.3) is 0 Å². The highest BCUT2D eigenvalue weighted by molar-refractivity contribution is 5.74. The molecule has 8 heteroatoms. The molecule has 0 unspecified atom stereocenters. The van der Waals surface area contributed by atoms with E-state index in [-0.39, 0.29) is 18.7 Å². The van der Waals surface area contributed by atoms with Crippen LogP contribution in [0.5, 0.6) is 0 Å². The van der Waals surface area contributed by atoms with Gasteiger partial charge in [-0.3, -0.25) is 0 Å². The smallest absolute Gasteiger partial charge is 0.396 e. The van der Waals surface area contributed by atoms with E-state index >= 15 is 0 Å². The number of alkyl halides is 3. The van der Waals surface area contributed by atoms with Crippen molar-refractivity contribution < 1.29 is 27.5 Å². The van der Waals surface area contributed by atoms with Crippen LogP contribution >= 0.6 is 0 Å². The van der Waals surface area contributed by atoms with Crippen molar-refractivity contribution in [1.82, 2.24) is 10.2 Å². The van der Waals surface area contributed by atoms with Crippen LogP contribution < -0.4 is 5.32 Å². The number of rotatable bonds is 7. The number of halogens is 4. The Morgan fingerprint density at radius 3 is 2.52 bits per heavy atom. The van der Waals surface area contributed by atoms with E-state index in [1.807, 2.05) is 0 Å². The third-order valence-corrected chi connectivity index (χ3v) is 3.32. The van der Waals surface area contributed by atoms with Crippen molar-refractivity contribution in [2.45, 2.75) is 32.5 Å². The van der Waals surface area contributed by atoms with Crippen LogP contribution in [0, 0.1) is 5.82 Å². The van der Waals surface area contributed by atoms with Crippen LogP contribution in [-0.4, -0.2) is 35.7 Å². The van der Waals surface area contributed by atoms with E-state index < -0.39 is 23.6 Å². The quantitative estimate of drug-likeness (QED) is 0.594. The number of aliphatic hydroxyl groups excluding tert-OH is 1. The molecular formula is C15H20F4N2O2. The average molecular weight is 336 g/mol. The highest BCUT2D eigenvalue weighted by atomic mass is 19.4. The van der Waals surface area contributed by atoms with Crippen LogP contribution in [0.1, 0.15) is 30.9 Å². The molecule has 0 aromatic heterocycles. The lowest BCUT2D eigenvalue weighted by Gasteiger charge is -2.21. The van der Waals surface area contributed by atoms with E-state index in [1.165, 1.54) is 4.90 Å². The maximum atomic E-state index is 13.7. The van der Waals surface area contributed by atoms with Crippen LogP contribution in [0.4, 0.5) is 22.4 Å². The highest BCUT2D eigenvalue weighted by Gasteiger charge is 2.31. The summed E-state index contributed by atoms with van der Waals surface area (Å²) in [5, 5.41) is 11.2. The summed E-state index contributed by atoms with van der Waals surface area (Å²) in [5.41, 5.74) is -1.08. The van der Waals surface area contributed by atoms with Crippen molar-refractivity contribution in [3.05, 3.63) is 35.1 Å². The van der Waals surface area contributed by atoms with Crippen molar-refractivity contribution in [3.8, 4) is 0 Å². The summed E-state index contributed by atoms with van der Waals surface area (Å²) in [4.78, 5) is 13.4. The molecule has 0 bridgehead atoms. The van der Waals surface area contributed by atoms with Gasteiger partial charge in [-0.25, -0.2) is 9.18 Å². The number of benzene rings is 1. The van der Waals surface area contributed by atoms with Gasteiger partial charge in [0.05, 0.1) is 5.56 Å². The number of amides is 2. The van der Waals surface area contributed by atoms with Gasteiger partial charge < -0.3 is 15.3 Å². The van der Waals surface area contributed by atoms with Gasteiger partial charge in [0.2, 0.25) is 0 Å². The molecule has 0 fully saturated rings. The Balaban J connectivity index is 2.61.